The van der Waals surface area contributed by atoms with Crippen molar-refractivity contribution in [1.29, 1.82) is 0 Å². The van der Waals surface area contributed by atoms with Gasteiger partial charge in [-0.2, -0.15) is 0 Å². The molecule has 8 heteroatoms. The third-order valence-corrected chi connectivity index (χ3v) is 6.35. The van der Waals surface area contributed by atoms with Gasteiger partial charge < -0.3 is 4.90 Å². The van der Waals surface area contributed by atoms with E-state index in [4.69, 9.17) is 0 Å². The highest BCUT2D eigenvalue weighted by molar-refractivity contribution is 7.99. The van der Waals surface area contributed by atoms with Crippen molar-refractivity contribution in [1.82, 2.24) is 24.1 Å². The molecule has 2 aromatic heterocycles. The van der Waals surface area contributed by atoms with E-state index in [0.29, 0.717) is 29.4 Å². The van der Waals surface area contributed by atoms with Crippen LogP contribution in [0.1, 0.15) is 25.0 Å². The second kappa shape index (κ2) is 8.55. The van der Waals surface area contributed by atoms with Crippen molar-refractivity contribution in [3.05, 3.63) is 63.9 Å². The topological polar surface area (TPSA) is 72.5 Å². The zero-order valence-corrected chi connectivity index (χ0v) is 18.9. The molecule has 1 amide bonds. The number of fused-ring (bicyclic) bond motifs is 3. The maximum absolute atomic E-state index is 13.5. The van der Waals surface area contributed by atoms with E-state index in [1.165, 1.54) is 11.8 Å². The Morgan fingerprint density at radius 1 is 1.06 bits per heavy atom. The number of carbonyl (C=O) groups excluding carboxylic acids is 1. The summed E-state index contributed by atoms with van der Waals surface area (Å²) < 4.78 is 3.49. The van der Waals surface area contributed by atoms with Gasteiger partial charge in [0.1, 0.15) is 0 Å². The summed E-state index contributed by atoms with van der Waals surface area (Å²) in [5.74, 6) is 0.758. The van der Waals surface area contributed by atoms with Gasteiger partial charge in [-0.15, -0.1) is 10.2 Å². The monoisotopic (exact) mass is 435 g/mol. The van der Waals surface area contributed by atoms with E-state index in [1.807, 2.05) is 74.6 Å². The van der Waals surface area contributed by atoms with Crippen LogP contribution in [0.5, 0.6) is 0 Å². The number of benzene rings is 2. The van der Waals surface area contributed by atoms with Gasteiger partial charge in [0.2, 0.25) is 11.7 Å². The summed E-state index contributed by atoms with van der Waals surface area (Å²) in [7, 11) is 0. The van der Waals surface area contributed by atoms with Gasteiger partial charge in [-0.25, -0.2) is 4.57 Å². The first-order valence-electron chi connectivity index (χ1n) is 10.3. The van der Waals surface area contributed by atoms with Crippen LogP contribution in [0.3, 0.4) is 0 Å². The molecule has 0 bridgehead atoms. The van der Waals surface area contributed by atoms with Crippen molar-refractivity contribution in [2.75, 3.05) is 18.8 Å². The van der Waals surface area contributed by atoms with Crippen molar-refractivity contribution in [2.24, 2.45) is 0 Å². The number of rotatable bonds is 6. The normalized spacial score (nSPS) is 11.4. The molecule has 4 aromatic rings. The fourth-order valence-electron chi connectivity index (χ4n) is 3.74. The van der Waals surface area contributed by atoms with Crippen LogP contribution in [-0.2, 0) is 4.79 Å². The van der Waals surface area contributed by atoms with Crippen LogP contribution in [0.4, 0.5) is 0 Å². The van der Waals surface area contributed by atoms with Gasteiger partial charge in [-0.1, -0.05) is 36.0 Å². The Morgan fingerprint density at radius 2 is 1.81 bits per heavy atom. The molecule has 7 nitrogen and oxygen atoms in total. The van der Waals surface area contributed by atoms with Gasteiger partial charge in [-0.3, -0.25) is 14.0 Å². The molecule has 0 fully saturated rings. The zero-order valence-electron chi connectivity index (χ0n) is 18.1. The van der Waals surface area contributed by atoms with Gasteiger partial charge in [0.05, 0.1) is 22.3 Å². The van der Waals surface area contributed by atoms with E-state index in [1.54, 1.807) is 9.47 Å². The molecule has 0 aliphatic carbocycles. The molecule has 0 N–H and O–H groups in total. The second-order valence-corrected chi connectivity index (χ2v) is 8.36. The molecule has 0 aliphatic rings. The smallest absolute Gasteiger partial charge is 0.267 e. The lowest BCUT2D eigenvalue weighted by atomic mass is 10.1. The molecule has 0 atom stereocenters. The number of aromatic nitrogens is 4. The first-order valence-corrected chi connectivity index (χ1v) is 11.3. The Bertz CT molecular complexity index is 1340. The van der Waals surface area contributed by atoms with Crippen molar-refractivity contribution >= 4 is 34.3 Å². The molecule has 0 spiro atoms. The third-order valence-electron chi connectivity index (χ3n) is 5.44. The lowest BCUT2D eigenvalue weighted by Crippen LogP contribution is -2.31. The number of amides is 1. The first-order chi connectivity index (χ1) is 15.0. The molecular weight excluding hydrogens is 410 g/mol. The Morgan fingerprint density at radius 3 is 2.55 bits per heavy atom. The standard InChI is InChI=1S/C23H25N5O2S/c1-5-26(6-2)20(29)14-31-23-25-24-22-27(19-13-15(3)11-12-16(19)4)21(30)17-9-7-8-10-18(17)28(22)23/h7-13H,5-6,14H2,1-4H3. The van der Waals surface area contributed by atoms with Gasteiger partial charge in [-0.05, 0) is 57.0 Å². The molecule has 2 aromatic carbocycles. The summed E-state index contributed by atoms with van der Waals surface area (Å²) in [6.45, 7) is 9.25. The minimum atomic E-state index is -0.139. The fraction of sp³-hybridized carbons (Fsp3) is 0.304. The molecule has 31 heavy (non-hydrogen) atoms. The molecule has 0 aliphatic heterocycles. The SMILES string of the molecule is CCN(CC)C(=O)CSc1nnc2n(-c3cc(C)ccc3C)c(=O)c3ccccc3n12. The van der Waals surface area contributed by atoms with Crippen molar-refractivity contribution in [3.8, 4) is 5.69 Å². The van der Waals surface area contributed by atoms with Crippen molar-refractivity contribution < 1.29 is 4.79 Å². The zero-order chi connectivity index (χ0) is 22.1. The maximum atomic E-state index is 13.5. The molecule has 0 unspecified atom stereocenters. The number of para-hydroxylation sites is 1. The van der Waals surface area contributed by atoms with Crippen LogP contribution in [0.15, 0.2) is 52.4 Å². The van der Waals surface area contributed by atoms with Crippen LogP contribution in [-0.4, -0.2) is 48.8 Å². The fourth-order valence-corrected chi connectivity index (χ4v) is 4.59. The number of aryl methyl sites for hydroxylation is 2. The Hall–Kier alpha value is -3.13. The number of carbonyl (C=O) groups is 1. The summed E-state index contributed by atoms with van der Waals surface area (Å²) in [4.78, 5) is 27.8. The number of nitrogens with zero attached hydrogens (tertiary/aromatic N) is 5. The highest BCUT2D eigenvalue weighted by Gasteiger charge is 2.20. The Kier molecular flexibility index (Phi) is 5.82. The van der Waals surface area contributed by atoms with E-state index >= 15 is 0 Å². The molecule has 0 saturated heterocycles. The number of hydrogen-bond donors (Lipinski definition) is 0. The quantitative estimate of drug-likeness (QED) is 0.433. The summed E-state index contributed by atoms with van der Waals surface area (Å²) >= 11 is 1.34. The van der Waals surface area contributed by atoms with Gasteiger partial charge in [0.15, 0.2) is 5.16 Å². The minimum absolute atomic E-state index is 0.0545. The van der Waals surface area contributed by atoms with Crippen LogP contribution in [0.25, 0.3) is 22.4 Å². The summed E-state index contributed by atoms with van der Waals surface area (Å²) in [6, 6.07) is 13.4. The van der Waals surface area contributed by atoms with E-state index in [-0.39, 0.29) is 17.2 Å². The Labute approximate surface area is 184 Å². The van der Waals surface area contributed by atoms with Crippen molar-refractivity contribution in [2.45, 2.75) is 32.9 Å². The van der Waals surface area contributed by atoms with Crippen LogP contribution >= 0.6 is 11.8 Å². The average molecular weight is 436 g/mol. The van der Waals surface area contributed by atoms with Gasteiger partial charge in [0.25, 0.3) is 5.56 Å². The van der Waals surface area contributed by atoms with Gasteiger partial charge in [0, 0.05) is 13.1 Å². The highest BCUT2D eigenvalue weighted by Crippen LogP contribution is 2.24. The van der Waals surface area contributed by atoms with E-state index in [2.05, 4.69) is 10.2 Å². The second-order valence-electron chi connectivity index (χ2n) is 7.42. The van der Waals surface area contributed by atoms with Crippen LogP contribution in [0.2, 0.25) is 0 Å². The Balaban J connectivity index is 1.92. The first kappa shape index (κ1) is 21.1. The lowest BCUT2D eigenvalue weighted by Gasteiger charge is -2.18. The van der Waals surface area contributed by atoms with Crippen LogP contribution in [0, 0.1) is 13.8 Å². The predicted octanol–water partition coefficient (Wildman–Crippen LogP) is 3.61. The third kappa shape index (κ3) is 3.72. The highest BCUT2D eigenvalue weighted by atomic mass is 32.2. The number of hydrogen-bond acceptors (Lipinski definition) is 5. The lowest BCUT2D eigenvalue weighted by molar-refractivity contribution is -0.127. The maximum Gasteiger partial charge on any atom is 0.267 e. The number of thioether (sulfide) groups is 1. The van der Waals surface area contributed by atoms with E-state index in [9.17, 15) is 9.59 Å². The summed E-state index contributed by atoms with van der Waals surface area (Å²) in [6.07, 6.45) is 0. The van der Waals surface area contributed by atoms with Gasteiger partial charge >= 0.3 is 0 Å². The summed E-state index contributed by atoms with van der Waals surface area (Å²) in [5.41, 5.74) is 3.40. The molecule has 0 saturated carbocycles. The minimum Gasteiger partial charge on any atom is -0.343 e. The molecule has 0 radical (unpaired) electrons. The van der Waals surface area contributed by atoms with Crippen molar-refractivity contribution in [3.63, 3.8) is 0 Å². The van der Waals surface area contributed by atoms with Crippen LogP contribution < -0.4 is 5.56 Å². The molecule has 160 valence electrons. The summed E-state index contributed by atoms with van der Waals surface area (Å²) in [5, 5.41) is 9.89. The largest absolute Gasteiger partial charge is 0.343 e. The molecular formula is C23H25N5O2S. The molecule has 4 rings (SSSR count). The molecule has 2 heterocycles. The predicted molar refractivity (Wildman–Crippen MR) is 124 cm³/mol. The average Bonchev–Trinajstić information content (AvgIpc) is 3.19. The van der Waals surface area contributed by atoms with E-state index in [0.717, 1.165) is 22.3 Å². The van der Waals surface area contributed by atoms with E-state index < -0.39 is 0 Å².